The number of nitriles is 3. The lowest BCUT2D eigenvalue weighted by molar-refractivity contribution is -0.137. The van der Waals surface area contributed by atoms with Crippen LogP contribution in [0.5, 0.6) is 0 Å². The summed E-state index contributed by atoms with van der Waals surface area (Å²) >= 11 is 0. The zero-order chi connectivity index (χ0) is 45.9. The lowest BCUT2D eigenvalue weighted by atomic mass is 9.96. The molecule has 10 aromatic rings. The van der Waals surface area contributed by atoms with Gasteiger partial charge in [-0.3, -0.25) is 0 Å². The van der Waals surface area contributed by atoms with Crippen LogP contribution in [0.3, 0.4) is 0 Å². The van der Waals surface area contributed by atoms with Gasteiger partial charge in [0.15, 0.2) is 17.1 Å². The van der Waals surface area contributed by atoms with Gasteiger partial charge in [-0.05, 0) is 107 Å². The lowest BCUT2D eigenvalue weighted by Gasteiger charge is -2.20. The largest absolute Gasteiger partial charge is 0.415 e. The maximum absolute atomic E-state index is 14.7. The highest BCUT2D eigenvalue weighted by atomic mass is 19.4. The molecule has 0 aliphatic heterocycles. The molecule has 0 unspecified atom stereocenters. The fourth-order valence-electron chi connectivity index (χ4n) is 8.95. The monoisotopic (exact) mass is 854 g/mol. The Hall–Kier alpha value is -9.91. The summed E-state index contributed by atoms with van der Waals surface area (Å²) in [4.78, 5) is 10.6. The fraction of sp³-hybridized carbons (Fsp3) is 0.0182. The third-order valence-corrected chi connectivity index (χ3v) is 11.9. The summed E-state index contributed by atoms with van der Waals surface area (Å²) in [5, 5.41) is 33.8. The summed E-state index contributed by atoms with van der Waals surface area (Å²) in [5.74, 6) is 0. The molecule has 11 heteroatoms. The van der Waals surface area contributed by atoms with Crippen LogP contribution in [0.4, 0.5) is 30.2 Å². The van der Waals surface area contributed by atoms with Crippen molar-refractivity contribution in [3.63, 3.8) is 0 Å². The van der Waals surface area contributed by atoms with Crippen LogP contribution < -0.4 is 0 Å². The van der Waals surface area contributed by atoms with Crippen LogP contribution in [-0.2, 0) is 6.18 Å². The lowest BCUT2D eigenvalue weighted by Crippen LogP contribution is -2.06. The molecule has 306 valence electrons. The highest BCUT2D eigenvalue weighted by molar-refractivity contribution is 6.13. The molecule has 0 N–H and O–H groups in total. The molecule has 0 atom stereocenters. The van der Waals surface area contributed by atoms with Gasteiger partial charge in [0.05, 0.1) is 82.0 Å². The average molecular weight is 855 g/mol. The number of para-hydroxylation sites is 2. The van der Waals surface area contributed by atoms with Crippen LogP contribution in [0.25, 0.3) is 103 Å². The van der Waals surface area contributed by atoms with Crippen molar-refractivity contribution in [2.75, 3.05) is 0 Å². The molecule has 0 fully saturated rings. The molecular formula is C55H25F3N8. The van der Waals surface area contributed by atoms with E-state index in [-0.39, 0.29) is 16.8 Å². The predicted octanol–water partition coefficient (Wildman–Crippen LogP) is 15.2. The normalized spacial score (nSPS) is 11.2. The minimum Gasteiger partial charge on any atom is -0.309 e. The molecular weight excluding hydrogens is 830 g/mol. The number of alkyl halides is 3. The van der Waals surface area contributed by atoms with E-state index >= 15 is 0 Å². The van der Waals surface area contributed by atoms with Crippen LogP contribution in [0.1, 0.15) is 22.3 Å². The second kappa shape index (κ2) is 15.5. The Morgan fingerprint density at radius 2 is 1.03 bits per heavy atom. The molecule has 0 bridgehead atoms. The molecule has 0 saturated heterocycles. The van der Waals surface area contributed by atoms with Gasteiger partial charge in [0.25, 0.3) is 0 Å². The fourth-order valence-corrected chi connectivity index (χ4v) is 8.95. The molecule has 10 rings (SSSR count). The Balaban J connectivity index is 1.28. The summed E-state index contributed by atoms with van der Waals surface area (Å²) in [7, 11) is 0. The van der Waals surface area contributed by atoms with E-state index in [9.17, 15) is 29.0 Å². The first kappa shape index (κ1) is 40.2. The topological polar surface area (TPSA) is 94.3 Å². The summed E-state index contributed by atoms with van der Waals surface area (Å²) in [6.07, 6.45) is -4.78. The van der Waals surface area contributed by atoms with Crippen molar-refractivity contribution in [2.24, 2.45) is 0 Å². The number of rotatable bonds is 5. The van der Waals surface area contributed by atoms with E-state index in [1.807, 2.05) is 94.1 Å². The summed E-state index contributed by atoms with van der Waals surface area (Å²) in [5.41, 5.74) is 6.96. The van der Waals surface area contributed by atoms with E-state index in [4.69, 9.17) is 19.7 Å². The molecule has 0 aliphatic carbocycles. The number of nitrogens with zero attached hydrogens (tertiary/aromatic N) is 8. The van der Waals surface area contributed by atoms with Gasteiger partial charge in [0.1, 0.15) is 6.07 Å². The van der Waals surface area contributed by atoms with Gasteiger partial charge in [-0.2, -0.15) is 29.0 Å². The molecule has 0 saturated carbocycles. The highest BCUT2D eigenvalue weighted by Gasteiger charge is 2.32. The second-order valence-electron chi connectivity index (χ2n) is 15.5. The van der Waals surface area contributed by atoms with Gasteiger partial charge in [-0.1, -0.05) is 72.8 Å². The molecule has 8 aromatic carbocycles. The van der Waals surface area contributed by atoms with Crippen LogP contribution in [0, 0.1) is 53.7 Å². The zero-order valence-corrected chi connectivity index (χ0v) is 34.1. The van der Waals surface area contributed by atoms with Crippen molar-refractivity contribution in [3.05, 3.63) is 208 Å². The highest BCUT2D eigenvalue weighted by Crippen LogP contribution is 2.45. The first-order valence-corrected chi connectivity index (χ1v) is 20.2. The molecule has 2 aromatic heterocycles. The van der Waals surface area contributed by atoms with Crippen LogP contribution in [0.2, 0.25) is 0 Å². The standard InChI is InChI=1S/C55H25F3N8/c1-62-39-15-17-42(48(27-39)64-3)34-14-19-51-47(24-34)43-8-4-6-10-49(43)65(51)53-28-45(35-21-38(55(56,57)58)26-40(22-35)63-2)54(25-37(53)31-61)66-50-11-7-5-9-44(50)46-23-33(13-18-52(46)66)41-16-12-32(29-59)20-36(41)30-60/h4-28H. The van der Waals surface area contributed by atoms with Crippen LogP contribution in [0.15, 0.2) is 152 Å². The van der Waals surface area contributed by atoms with Gasteiger partial charge >= 0.3 is 6.18 Å². The Kier molecular flexibility index (Phi) is 9.41. The maximum atomic E-state index is 14.7. The number of halogens is 3. The first-order valence-electron chi connectivity index (χ1n) is 20.2. The predicted molar refractivity (Wildman–Crippen MR) is 249 cm³/mol. The van der Waals surface area contributed by atoms with E-state index in [0.717, 1.165) is 39.2 Å². The Morgan fingerprint density at radius 1 is 0.439 bits per heavy atom. The summed E-state index contributed by atoms with van der Waals surface area (Å²) in [6, 6.07) is 49.6. The zero-order valence-electron chi connectivity index (χ0n) is 34.1. The van der Waals surface area contributed by atoms with Crippen LogP contribution >= 0.6 is 0 Å². The molecule has 0 aliphatic rings. The smallest absolute Gasteiger partial charge is 0.309 e. The SMILES string of the molecule is [C-]#[N+]c1cc(-c2cc(-n3c4ccccc4c4cc(-c5ccc([N+]#[C-])cc5[N+]#[C-])ccc43)c(C#N)cc2-n2c3ccccc3c3cc(-c4ccc(C#N)cc4C#N)ccc32)cc(C(F)(F)F)c1. The number of benzene rings is 8. The minimum absolute atomic E-state index is 0.105. The van der Waals surface area contributed by atoms with Gasteiger partial charge < -0.3 is 9.13 Å². The first-order chi connectivity index (χ1) is 32.1. The molecule has 0 spiro atoms. The molecule has 66 heavy (non-hydrogen) atoms. The average Bonchev–Trinajstić information content (AvgIpc) is 3.87. The number of hydrogen-bond donors (Lipinski definition) is 0. The van der Waals surface area contributed by atoms with E-state index in [1.165, 1.54) is 12.1 Å². The third kappa shape index (κ3) is 6.42. The van der Waals surface area contributed by atoms with Crippen molar-refractivity contribution in [3.8, 4) is 63.0 Å². The van der Waals surface area contributed by atoms with Gasteiger partial charge in [0, 0.05) is 32.7 Å². The molecule has 8 nitrogen and oxygen atoms in total. The Morgan fingerprint density at radius 3 is 1.62 bits per heavy atom. The van der Waals surface area contributed by atoms with Crippen molar-refractivity contribution >= 4 is 60.7 Å². The third-order valence-electron chi connectivity index (χ3n) is 11.9. The maximum Gasteiger partial charge on any atom is 0.415 e. The number of hydrogen-bond acceptors (Lipinski definition) is 3. The molecule has 0 amide bonds. The van der Waals surface area contributed by atoms with Crippen molar-refractivity contribution in [1.29, 1.82) is 15.8 Å². The van der Waals surface area contributed by atoms with Crippen molar-refractivity contribution < 1.29 is 13.2 Å². The quantitative estimate of drug-likeness (QED) is 0.161. The summed E-state index contributed by atoms with van der Waals surface area (Å²) < 4.78 is 47.8. The van der Waals surface area contributed by atoms with Crippen molar-refractivity contribution in [2.45, 2.75) is 6.18 Å². The van der Waals surface area contributed by atoms with Gasteiger partial charge in [0.2, 0.25) is 0 Å². The minimum atomic E-state index is -4.78. The van der Waals surface area contributed by atoms with E-state index < -0.39 is 11.7 Å². The van der Waals surface area contributed by atoms with E-state index in [0.29, 0.717) is 78.2 Å². The van der Waals surface area contributed by atoms with Gasteiger partial charge in [-0.25, -0.2) is 14.5 Å². The molecule has 2 heterocycles. The van der Waals surface area contributed by atoms with E-state index in [2.05, 4.69) is 32.7 Å². The number of fused-ring (bicyclic) bond motifs is 6. The Labute approximate surface area is 374 Å². The second-order valence-corrected chi connectivity index (χ2v) is 15.5. The van der Waals surface area contributed by atoms with Crippen molar-refractivity contribution in [1.82, 2.24) is 9.13 Å². The molecule has 0 radical (unpaired) electrons. The Bertz CT molecular complexity index is 4020. The summed E-state index contributed by atoms with van der Waals surface area (Å²) in [6.45, 7) is 23.1. The van der Waals surface area contributed by atoms with Gasteiger partial charge in [-0.15, -0.1) is 0 Å². The van der Waals surface area contributed by atoms with E-state index in [1.54, 1.807) is 42.5 Å². The van der Waals surface area contributed by atoms with Crippen LogP contribution in [-0.4, -0.2) is 9.13 Å². The number of aromatic nitrogens is 2.